The maximum atomic E-state index is 11.6. The van der Waals surface area contributed by atoms with Gasteiger partial charge in [0.1, 0.15) is 12.2 Å². The third kappa shape index (κ3) is 6.22. The zero-order chi connectivity index (χ0) is 15.0. The minimum atomic E-state index is -0.323. The predicted octanol–water partition coefficient (Wildman–Crippen LogP) is 2.33. The Morgan fingerprint density at radius 2 is 1.80 bits per heavy atom. The largest absolute Gasteiger partial charge is 0.491 e. The molecule has 0 heterocycles. The summed E-state index contributed by atoms with van der Waals surface area (Å²) in [7, 11) is 0. The fourth-order valence-electron chi connectivity index (χ4n) is 1.57. The van der Waals surface area contributed by atoms with E-state index in [9.17, 15) is 9.59 Å². The summed E-state index contributed by atoms with van der Waals surface area (Å²) in [5.41, 5.74) is 0.648. The number of nitrogens with one attached hydrogen (secondary N) is 2. The number of amides is 2. The van der Waals surface area contributed by atoms with Crippen LogP contribution in [0.25, 0.3) is 0 Å². The Bertz CT molecular complexity index is 441. The molecule has 0 radical (unpaired) electrons. The first-order valence-electron chi connectivity index (χ1n) is 6.84. The molecule has 1 rings (SSSR count). The van der Waals surface area contributed by atoms with Gasteiger partial charge in [-0.1, -0.05) is 6.92 Å². The summed E-state index contributed by atoms with van der Waals surface area (Å²) < 4.78 is 5.51. The summed E-state index contributed by atoms with van der Waals surface area (Å²) >= 11 is 0. The second-order valence-corrected chi connectivity index (χ2v) is 4.77. The van der Waals surface area contributed by atoms with E-state index in [4.69, 9.17) is 4.74 Å². The second kappa shape index (κ2) is 8.19. The Morgan fingerprint density at radius 1 is 1.15 bits per heavy atom. The summed E-state index contributed by atoms with van der Waals surface area (Å²) in [4.78, 5) is 23.0. The summed E-state index contributed by atoms with van der Waals surface area (Å²) in [5.74, 6) is 0.166. The molecule has 2 N–H and O–H groups in total. The van der Waals surface area contributed by atoms with E-state index in [0.717, 1.165) is 12.2 Å². The van der Waals surface area contributed by atoms with E-state index in [-0.39, 0.29) is 24.3 Å². The van der Waals surface area contributed by atoms with E-state index in [0.29, 0.717) is 12.2 Å². The smallest absolute Gasteiger partial charge is 0.233 e. The molecule has 20 heavy (non-hydrogen) atoms. The van der Waals surface area contributed by atoms with Crippen LogP contribution in [0.3, 0.4) is 0 Å². The van der Waals surface area contributed by atoms with Crippen LogP contribution in [0.4, 0.5) is 5.69 Å². The van der Waals surface area contributed by atoms with Gasteiger partial charge in [-0.05, 0) is 44.5 Å². The van der Waals surface area contributed by atoms with Crippen molar-refractivity contribution in [1.82, 2.24) is 5.32 Å². The molecule has 0 aliphatic heterocycles. The number of anilines is 1. The number of hydrogen-bond donors (Lipinski definition) is 2. The number of carbonyl (C=O) groups is 2. The van der Waals surface area contributed by atoms with Gasteiger partial charge in [0, 0.05) is 12.2 Å². The summed E-state index contributed by atoms with van der Waals surface area (Å²) in [6, 6.07) is 7.07. The molecule has 0 atom stereocenters. The summed E-state index contributed by atoms with van der Waals surface area (Å²) in [6.45, 7) is 6.45. The SMILES string of the molecule is CCCNC(=O)CC(=O)Nc1ccc(OC(C)C)cc1. The first kappa shape index (κ1) is 16.0. The maximum absolute atomic E-state index is 11.6. The highest BCUT2D eigenvalue weighted by Gasteiger charge is 2.09. The van der Waals surface area contributed by atoms with Crippen molar-refractivity contribution >= 4 is 17.5 Å². The van der Waals surface area contributed by atoms with Gasteiger partial charge >= 0.3 is 0 Å². The van der Waals surface area contributed by atoms with Gasteiger partial charge in [0.05, 0.1) is 6.10 Å². The third-order valence-electron chi connectivity index (χ3n) is 2.40. The van der Waals surface area contributed by atoms with Crippen LogP contribution in [-0.2, 0) is 9.59 Å². The van der Waals surface area contributed by atoms with Gasteiger partial charge < -0.3 is 15.4 Å². The molecule has 0 aliphatic rings. The van der Waals surface area contributed by atoms with Crippen molar-refractivity contribution in [2.24, 2.45) is 0 Å². The lowest BCUT2D eigenvalue weighted by Crippen LogP contribution is -2.28. The van der Waals surface area contributed by atoms with Crippen LogP contribution in [0.5, 0.6) is 5.75 Å². The van der Waals surface area contributed by atoms with Gasteiger partial charge in [0.2, 0.25) is 11.8 Å². The molecule has 5 heteroatoms. The van der Waals surface area contributed by atoms with Crippen molar-refractivity contribution in [1.29, 1.82) is 0 Å². The van der Waals surface area contributed by atoms with Crippen molar-refractivity contribution in [2.75, 3.05) is 11.9 Å². The molecule has 1 aromatic carbocycles. The van der Waals surface area contributed by atoms with Crippen molar-refractivity contribution in [2.45, 2.75) is 39.7 Å². The van der Waals surface area contributed by atoms with Crippen LogP contribution in [0.1, 0.15) is 33.6 Å². The number of benzene rings is 1. The molecule has 0 fully saturated rings. The van der Waals surface area contributed by atoms with Crippen LogP contribution in [0.15, 0.2) is 24.3 Å². The van der Waals surface area contributed by atoms with Crippen LogP contribution in [0.2, 0.25) is 0 Å². The van der Waals surface area contributed by atoms with E-state index in [1.807, 2.05) is 20.8 Å². The van der Waals surface area contributed by atoms with Crippen LogP contribution < -0.4 is 15.4 Å². The van der Waals surface area contributed by atoms with E-state index in [1.165, 1.54) is 0 Å². The van der Waals surface area contributed by atoms with Gasteiger partial charge in [-0.3, -0.25) is 9.59 Å². The van der Waals surface area contributed by atoms with Crippen molar-refractivity contribution in [3.8, 4) is 5.75 Å². The quantitative estimate of drug-likeness (QED) is 0.752. The Hall–Kier alpha value is -2.04. The molecule has 1 aromatic rings. The highest BCUT2D eigenvalue weighted by molar-refractivity contribution is 6.03. The predicted molar refractivity (Wildman–Crippen MR) is 78.8 cm³/mol. The monoisotopic (exact) mass is 278 g/mol. The van der Waals surface area contributed by atoms with Gasteiger partial charge in [0.25, 0.3) is 0 Å². The standard InChI is InChI=1S/C15H22N2O3/c1-4-9-16-14(18)10-15(19)17-12-5-7-13(8-6-12)20-11(2)3/h5-8,11H,4,9-10H2,1-3H3,(H,16,18)(H,17,19). The topological polar surface area (TPSA) is 67.4 Å². The fraction of sp³-hybridized carbons (Fsp3) is 0.467. The summed E-state index contributed by atoms with van der Waals surface area (Å²) in [5, 5.41) is 5.33. The zero-order valence-electron chi connectivity index (χ0n) is 12.2. The molecule has 0 unspecified atom stereocenters. The molecule has 0 aromatic heterocycles. The first-order valence-corrected chi connectivity index (χ1v) is 6.84. The molecule has 0 bridgehead atoms. The molecular formula is C15H22N2O3. The minimum Gasteiger partial charge on any atom is -0.491 e. The molecule has 2 amide bonds. The molecule has 0 saturated heterocycles. The number of rotatable bonds is 7. The van der Waals surface area contributed by atoms with E-state index in [2.05, 4.69) is 10.6 Å². The van der Waals surface area contributed by atoms with Crippen LogP contribution >= 0.6 is 0 Å². The van der Waals surface area contributed by atoms with Gasteiger partial charge in [-0.25, -0.2) is 0 Å². The molecular weight excluding hydrogens is 256 g/mol. The minimum absolute atomic E-state index is 0.109. The lowest BCUT2D eigenvalue weighted by Gasteiger charge is -2.10. The van der Waals surface area contributed by atoms with Gasteiger partial charge in [-0.2, -0.15) is 0 Å². The zero-order valence-corrected chi connectivity index (χ0v) is 12.2. The lowest BCUT2D eigenvalue weighted by atomic mass is 10.2. The molecule has 0 aliphatic carbocycles. The normalized spacial score (nSPS) is 10.2. The highest BCUT2D eigenvalue weighted by atomic mass is 16.5. The molecule has 0 spiro atoms. The average Bonchev–Trinajstić information content (AvgIpc) is 2.38. The third-order valence-corrected chi connectivity index (χ3v) is 2.40. The number of carbonyl (C=O) groups excluding carboxylic acids is 2. The Morgan fingerprint density at radius 3 is 2.35 bits per heavy atom. The van der Waals surface area contributed by atoms with E-state index in [1.54, 1.807) is 24.3 Å². The van der Waals surface area contributed by atoms with Gasteiger partial charge in [0.15, 0.2) is 0 Å². The fourth-order valence-corrected chi connectivity index (χ4v) is 1.57. The Balaban J connectivity index is 2.43. The Labute approximate surface area is 119 Å². The lowest BCUT2D eigenvalue weighted by molar-refractivity contribution is -0.126. The average molecular weight is 278 g/mol. The van der Waals surface area contributed by atoms with Crippen molar-refractivity contribution < 1.29 is 14.3 Å². The Kier molecular flexibility index (Phi) is 6.56. The van der Waals surface area contributed by atoms with Gasteiger partial charge in [-0.15, -0.1) is 0 Å². The highest BCUT2D eigenvalue weighted by Crippen LogP contribution is 2.16. The molecule has 110 valence electrons. The first-order chi connectivity index (χ1) is 9.51. The second-order valence-electron chi connectivity index (χ2n) is 4.77. The molecule has 5 nitrogen and oxygen atoms in total. The van der Waals surface area contributed by atoms with E-state index >= 15 is 0 Å². The van der Waals surface area contributed by atoms with Crippen LogP contribution in [0, 0.1) is 0 Å². The van der Waals surface area contributed by atoms with Crippen LogP contribution in [-0.4, -0.2) is 24.5 Å². The number of hydrogen-bond acceptors (Lipinski definition) is 3. The maximum Gasteiger partial charge on any atom is 0.233 e. The van der Waals surface area contributed by atoms with E-state index < -0.39 is 0 Å². The molecule has 0 saturated carbocycles. The summed E-state index contributed by atoms with van der Waals surface area (Å²) in [6.07, 6.45) is 0.798. The van der Waals surface area contributed by atoms with Crippen molar-refractivity contribution in [3.05, 3.63) is 24.3 Å². The number of ether oxygens (including phenoxy) is 1. The van der Waals surface area contributed by atoms with Crippen molar-refractivity contribution in [3.63, 3.8) is 0 Å².